The molecule has 3 N–H and O–H groups in total. The highest BCUT2D eigenvalue weighted by Gasteiger charge is 1.94. The zero-order valence-electron chi connectivity index (χ0n) is 4.24. The Labute approximate surface area is 47.2 Å². The van der Waals surface area contributed by atoms with Crippen LogP contribution in [-0.4, -0.2) is 16.9 Å². The van der Waals surface area contributed by atoms with Crippen molar-refractivity contribution in [3.05, 3.63) is 24.5 Å². The van der Waals surface area contributed by atoms with Crippen LogP contribution in [0.5, 0.6) is 0 Å². The molecule has 1 unspecified atom stereocenters. The second kappa shape index (κ2) is 3.23. The molecule has 1 rings (SSSR count). The minimum absolute atomic E-state index is 0. The first-order valence-corrected chi connectivity index (χ1v) is 2.06. The van der Waals surface area contributed by atoms with E-state index in [-0.39, 0.29) is 5.48 Å². The van der Waals surface area contributed by atoms with Crippen LogP contribution in [0.4, 0.5) is 0 Å². The quantitative estimate of drug-likeness (QED) is 0.467. The molecule has 0 aromatic rings. The van der Waals surface area contributed by atoms with Crippen LogP contribution in [0, 0.1) is 0 Å². The van der Waals surface area contributed by atoms with Crippen molar-refractivity contribution < 1.29 is 15.3 Å². The third-order valence-corrected chi connectivity index (χ3v) is 0.683. The van der Waals surface area contributed by atoms with Crippen molar-refractivity contribution in [3.8, 4) is 0 Å². The summed E-state index contributed by atoms with van der Waals surface area (Å²) in [6.07, 6.45) is 5.72. The molecule has 1 aliphatic rings. The van der Waals surface area contributed by atoms with E-state index in [2.05, 4.69) is 4.74 Å². The molecule has 8 heavy (non-hydrogen) atoms. The third kappa shape index (κ3) is 1.77. The molecule has 46 valence electrons. The van der Waals surface area contributed by atoms with Crippen molar-refractivity contribution in [3.63, 3.8) is 0 Å². The van der Waals surface area contributed by atoms with Gasteiger partial charge in [-0.3, -0.25) is 0 Å². The average molecular weight is 116 g/mol. The largest absolute Gasteiger partial charge is 0.469 e. The summed E-state index contributed by atoms with van der Waals surface area (Å²) in [5, 5.41) is 8.55. The van der Waals surface area contributed by atoms with E-state index in [1.807, 2.05) is 0 Å². The normalized spacial score (nSPS) is 23.9. The van der Waals surface area contributed by atoms with Crippen LogP contribution in [0.3, 0.4) is 0 Å². The Morgan fingerprint density at radius 3 is 2.38 bits per heavy atom. The van der Waals surface area contributed by atoms with Crippen molar-refractivity contribution >= 4 is 0 Å². The number of rotatable bonds is 0. The Balaban J connectivity index is 0.000000490. The molecular formula is C5H8O3. The predicted molar refractivity (Wildman–Crippen MR) is 29.0 cm³/mol. The van der Waals surface area contributed by atoms with Gasteiger partial charge in [-0.05, 0) is 12.2 Å². The molecule has 0 fully saturated rings. The Hall–Kier alpha value is -0.800. The standard InChI is InChI=1S/C5H6O2.H2O/c6-5-3-1-2-4-7-5;/h1-6H;1H2. The first kappa shape index (κ1) is 7.20. The fourth-order valence-electron chi connectivity index (χ4n) is 0.376. The molecule has 0 radical (unpaired) electrons. The molecule has 0 aromatic carbocycles. The van der Waals surface area contributed by atoms with Gasteiger partial charge in [-0.15, -0.1) is 0 Å². The zero-order chi connectivity index (χ0) is 5.11. The molecule has 3 heteroatoms. The van der Waals surface area contributed by atoms with Crippen LogP contribution in [-0.2, 0) is 4.74 Å². The van der Waals surface area contributed by atoms with Gasteiger partial charge in [0.05, 0.1) is 6.26 Å². The topological polar surface area (TPSA) is 61.0 Å². The van der Waals surface area contributed by atoms with Gasteiger partial charge in [0.25, 0.3) is 0 Å². The number of allylic oxidation sites excluding steroid dienone is 2. The van der Waals surface area contributed by atoms with Gasteiger partial charge in [0, 0.05) is 0 Å². The lowest BCUT2D eigenvalue weighted by Crippen LogP contribution is -2.04. The first-order valence-electron chi connectivity index (χ1n) is 2.06. The maximum Gasteiger partial charge on any atom is 0.216 e. The summed E-state index contributed by atoms with van der Waals surface area (Å²) in [4.78, 5) is 0. The molecule has 1 aliphatic heterocycles. The molecule has 0 aromatic heterocycles. The van der Waals surface area contributed by atoms with Crippen molar-refractivity contribution in [1.29, 1.82) is 0 Å². The summed E-state index contributed by atoms with van der Waals surface area (Å²) >= 11 is 0. The van der Waals surface area contributed by atoms with E-state index in [4.69, 9.17) is 5.11 Å². The van der Waals surface area contributed by atoms with Gasteiger partial charge in [-0.1, -0.05) is 6.08 Å². The Morgan fingerprint density at radius 1 is 1.38 bits per heavy atom. The number of aliphatic hydroxyl groups is 1. The van der Waals surface area contributed by atoms with Crippen molar-refractivity contribution in [2.24, 2.45) is 0 Å². The molecule has 0 saturated carbocycles. The number of hydrogen-bond donors (Lipinski definition) is 1. The van der Waals surface area contributed by atoms with Gasteiger partial charge in [0.1, 0.15) is 0 Å². The van der Waals surface area contributed by atoms with Crippen LogP contribution >= 0.6 is 0 Å². The van der Waals surface area contributed by atoms with Gasteiger partial charge < -0.3 is 15.3 Å². The molecule has 1 atom stereocenters. The fraction of sp³-hybridized carbons (Fsp3) is 0.200. The number of aliphatic hydroxyl groups excluding tert-OH is 1. The Kier molecular flexibility index (Phi) is 2.91. The number of ether oxygens (including phenoxy) is 1. The molecule has 3 nitrogen and oxygen atoms in total. The zero-order valence-corrected chi connectivity index (χ0v) is 4.24. The van der Waals surface area contributed by atoms with E-state index >= 15 is 0 Å². The van der Waals surface area contributed by atoms with Crippen LogP contribution in [0.25, 0.3) is 0 Å². The summed E-state index contributed by atoms with van der Waals surface area (Å²) in [5.41, 5.74) is 0. The van der Waals surface area contributed by atoms with Gasteiger partial charge in [0.15, 0.2) is 0 Å². The molecule has 0 saturated heterocycles. The van der Waals surface area contributed by atoms with Gasteiger partial charge in [-0.2, -0.15) is 0 Å². The first-order chi connectivity index (χ1) is 3.39. The lowest BCUT2D eigenvalue weighted by Gasteiger charge is -2.05. The van der Waals surface area contributed by atoms with E-state index in [0.717, 1.165) is 0 Å². The molecular weight excluding hydrogens is 108 g/mol. The number of hydrogen-bond acceptors (Lipinski definition) is 2. The predicted octanol–water partition coefficient (Wildman–Crippen LogP) is -0.420. The average Bonchev–Trinajstić information content (AvgIpc) is 1.69. The molecule has 0 bridgehead atoms. The Morgan fingerprint density at radius 2 is 2.12 bits per heavy atom. The maximum atomic E-state index is 8.55. The maximum absolute atomic E-state index is 8.55. The van der Waals surface area contributed by atoms with Gasteiger partial charge in [0.2, 0.25) is 6.29 Å². The molecule has 0 aliphatic carbocycles. The van der Waals surface area contributed by atoms with E-state index in [0.29, 0.717) is 0 Å². The minimum Gasteiger partial charge on any atom is -0.469 e. The fourth-order valence-corrected chi connectivity index (χ4v) is 0.376. The summed E-state index contributed by atoms with van der Waals surface area (Å²) in [7, 11) is 0. The highest BCUT2D eigenvalue weighted by molar-refractivity contribution is 5.04. The highest BCUT2D eigenvalue weighted by atomic mass is 16.6. The molecule has 0 spiro atoms. The lowest BCUT2D eigenvalue weighted by molar-refractivity contribution is -0.0132. The van der Waals surface area contributed by atoms with Gasteiger partial charge in [-0.25, -0.2) is 0 Å². The second-order valence-electron chi connectivity index (χ2n) is 1.24. The molecule has 0 amide bonds. The van der Waals surface area contributed by atoms with Crippen LogP contribution in [0.2, 0.25) is 0 Å². The van der Waals surface area contributed by atoms with Crippen molar-refractivity contribution in [2.75, 3.05) is 0 Å². The van der Waals surface area contributed by atoms with Gasteiger partial charge >= 0.3 is 0 Å². The summed E-state index contributed by atoms with van der Waals surface area (Å²) in [6.45, 7) is 0. The smallest absolute Gasteiger partial charge is 0.216 e. The van der Waals surface area contributed by atoms with Crippen LogP contribution in [0.15, 0.2) is 24.5 Å². The van der Waals surface area contributed by atoms with Crippen molar-refractivity contribution in [2.45, 2.75) is 6.29 Å². The van der Waals surface area contributed by atoms with Crippen LogP contribution in [0.1, 0.15) is 0 Å². The Bertz CT molecular complexity index is 106. The molecule has 1 heterocycles. The highest BCUT2D eigenvalue weighted by Crippen LogP contribution is 1.96. The summed E-state index contributed by atoms with van der Waals surface area (Å²) < 4.78 is 4.57. The lowest BCUT2D eigenvalue weighted by atomic mass is 10.4. The van der Waals surface area contributed by atoms with Crippen LogP contribution < -0.4 is 0 Å². The van der Waals surface area contributed by atoms with E-state index in [1.54, 1.807) is 18.2 Å². The SMILES string of the molecule is O.OC1C=CC=CO1. The monoisotopic (exact) mass is 116 g/mol. The van der Waals surface area contributed by atoms with Crippen molar-refractivity contribution in [1.82, 2.24) is 0 Å². The minimum atomic E-state index is -0.731. The van der Waals surface area contributed by atoms with E-state index in [1.165, 1.54) is 6.26 Å². The summed E-state index contributed by atoms with van der Waals surface area (Å²) in [6, 6.07) is 0. The third-order valence-electron chi connectivity index (χ3n) is 0.683. The van der Waals surface area contributed by atoms with E-state index in [9.17, 15) is 0 Å². The van der Waals surface area contributed by atoms with E-state index < -0.39 is 6.29 Å². The second-order valence-corrected chi connectivity index (χ2v) is 1.24. The summed E-state index contributed by atoms with van der Waals surface area (Å²) in [5.74, 6) is 0.